The monoisotopic (exact) mass is 438 g/mol. The maximum Gasteiger partial charge on any atom is 0.192 e. The second kappa shape index (κ2) is 9.30. The van der Waals surface area contributed by atoms with E-state index in [0.29, 0.717) is 17.2 Å². The van der Waals surface area contributed by atoms with Crippen LogP contribution in [0.1, 0.15) is 58.8 Å². The summed E-state index contributed by atoms with van der Waals surface area (Å²) in [6.45, 7) is 17.5. The van der Waals surface area contributed by atoms with E-state index in [1.165, 1.54) is 0 Å². The first kappa shape index (κ1) is 24.7. The number of fused-ring (bicyclic) bond motifs is 1. The van der Waals surface area contributed by atoms with Crippen molar-refractivity contribution in [3.05, 3.63) is 23.3 Å². The highest BCUT2D eigenvalue weighted by Crippen LogP contribution is 2.49. The summed E-state index contributed by atoms with van der Waals surface area (Å²) < 4.78 is 35.2. The molecule has 0 radical (unpaired) electrons. The third-order valence-corrected chi connectivity index (χ3v) is 10.2. The van der Waals surface area contributed by atoms with Crippen LogP contribution >= 0.6 is 0 Å². The number of ether oxygens (including phenoxy) is 5. The van der Waals surface area contributed by atoms with Gasteiger partial charge in [0.2, 0.25) is 0 Å². The van der Waals surface area contributed by atoms with Crippen molar-refractivity contribution >= 4 is 14.4 Å². The molecule has 0 N–H and O–H groups in total. The Kier molecular flexibility index (Phi) is 7.67. The molecule has 1 atom stereocenters. The lowest BCUT2D eigenvalue weighted by atomic mass is 9.96. The quantitative estimate of drug-likeness (QED) is 0.352. The van der Waals surface area contributed by atoms with Gasteiger partial charge in [0.05, 0.1) is 17.2 Å². The van der Waals surface area contributed by atoms with Gasteiger partial charge in [0.1, 0.15) is 22.8 Å². The Morgan fingerprint density at radius 2 is 1.60 bits per heavy atom. The van der Waals surface area contributed by atoms with Gasteiger partial charge in [-0.3, -0.25) is 0 Å². The molecule has 2 rings (SSSR count). The van der Waals surface area contributed by atoms with E-state index in [1.807, 2.05) is 32.1 Å². The van der Waals surface area contributed by atoms with E-state index in [0.717, 1.165) is 11.1 Å². The van der Waals surface area contributed by atoms with Crippen LogP contribution in [0.25, 0.3) is 6.08 Å². The number of benzene rings is 1. The lowest BCUT2D eigenvalue weighted by Crippen LogP contribution is -2.41. The molecule has 1 heterocycles. The minimum absolute atomic E-state index is 0.0798. The molecule has 0 saturated heterocycles. The van der Waals surface area contributed by atoms with Crippen LogP contribution in [0.15, 0.2) is 12.1 Å². The molecule has 0 spiro atoms. The zero-order valence-electron chi connectivity index (χ0n) is 20.2. The van der Waals surface area contributed by atoms with Crippen molar-refractivity contribution in [3.8, 4) is 17.2 Å². The van der Waals surface area contributed by atoms with E-state index < -0.39 is 13.9 Å². The minimum Gasteiger partial charge on any atom is -0.482 e. The van der Waals surface area contributed by atoms with Crippen molar-refractivity contribution in [3.63, 3.8) is 0 Å². The molecule has 1 aliphatic heterocycles. The molecule has 6 nitrogen and oxygen atoms in total. The largest absolute Gasteiger partial charge is 0.482 e. The molecule has 0 bridgehead atoms. The van der Waals surface area contributed by atoms with Gasteiger partial charge in [0, 0.05) is 20.3 Å². The molecule has 0 fully saturated rings. The molecule has 0 aromatic heterocycles. The predicted octanol–water partition coefficient (Wildman–Crippen LogP) is 5.92. The highest BCUT2D eigenvalue weighted by atomic mass is 28.4. The van der Waals surface area contributed by atoms with Crippen LogP contribution in [0.2, 0.25) is 18.1 Å². The van der Waals surface area contributed by atoms with Crippen molar-refractivity contribution in [2.75, 3.05) is 27.8 Å². The number of hydrogen-bond donors (Lipinski definition) is 0. The molecule has 1 unspecified atom stereocenters. The van der Waals surface area contributed by atoms with Crippen molar-refractivity contribution in [1.29, 1.82) is 0 Å². The molecular formula is C23H38O6Si. The Morgan fingerprint density at radius 3 is 2.13 bits per heavy atom. The smallest absolute Gasteiger partial charge is 0.192 e. The highest BCUT2D eigenvalue weighted by molar-refractivity contribution is 6.74. The topological polar surface area (TPSA) is 55.4 Å². The zero-order valence-corrected chi connectivity index (χ0v) is 21.2. The molecule has 0 aliphatic carbocycles. The van der Waals surface area contributed by atoms with Gasteiger partial charge < -0.3 is 28.1 Å². The van der Waals surface area contributed by atoms with E-state index in [1.54, 1.807) is 14.2 Å². The molecule has 30 heavy (non-hydrogen) atoms. The molecule has 1 aliphatic rings. The van der Waals surface area contributed by atoms with Crippen molar-refractivity contribution in [2.24, 2.45) is 0 Å². The fourth-order valence-corrected chi connectivity index (χ4v) is 4.39. The molecule has 0 amide bonds. The van der Waals surface area contributed by atoms with Gasteiger partial charge in [-0.15, -0.1) is 0 Å². The second-order valence-corrected chi connectivity index (χ2v) is 14.4. The Hall–Kier alpha value is -1.54. The van der Waals surface area contributed by atoms with Gasteiger partial charge >= 0.3 is 0 Å². The summed E-state index contributed by atoms with van der Waals surface area (Å²) in [5.41, 5.74) is 1.27. The standard InChI is InChI=1S/C23H38O6Si/c1-16(29-30(9,10)22(2,3)4)20-19(27-15-25-8)13-18(26-14-24-7)17-11-12-23(5,6)28-21(17)20/h11-13,16H,14-15H2,1-10H3. The summed E-state index contributed by atoms with van der Waals surface area (Å²) in [5, 5.41) is 0.0798. The average Bonchev–Trinajstić information content (AvgIpc) is 2.61. The van der Waals surface area contributed by atoms with Gasteiger partial charge in [-0.1, -0.05) is 20.8 Å². The van der Waals surface area contributed by atoms with Crippen LogP contribution in [0.5, 0.6) is 17.2 Å². The summed E-state index contributed by atoms with van der Waals surface area (Å²) in [4.78, 5) is 0. The molecule has 1 aromatic rings. The van der Waals surface area contributed by atoms with E-state index in [9.17, 15) is 0 Å². The lowest BCUT2D eigenvalue weighted by Gasteiger charge is -2.40. The summed E-state index contributed by atoms with van der Waals surface area (Å²) in [5.74, 6) is 1.97. The van der Waals surface area contributed by atoms with Crippen LogP contribution in [0.4, 0.5) is 0 Å². The predicted molar refractivity (Wildman–Crippen MR) is 122 cm³/mol. The number of methoxy groups -OCH3 is 2. The summed E-state index contributed by atoms with van der Waals surface area (Å²) in [7, 11) is 1.15. The van der Waals surface area contributed by atoms with Crippen LogP contribution in [0, 0.1) is 0 Å². The van der Waals surface area contributed by atoms with E-state index in [-0.39, 0.29) is 24.7 Å². The van der Waals surface area contributed by atoms with Crippen molar-refractivity contribution in [2.45, 2.75) is 71.4 Å². The highest BCUT2D eigenvalue weighted by Gasteiger charge is 2.40. The first-order valence-electron chi connectivity index (χ1n) is 10.3. The first-order chi connectivity index (χ1) is 13.8. The summed E-state index contributed by atoms with van der Waals surface area (Å²) >= 11 is 0. The first-order valence-corrected chi connectivity index (χ1v) is 13.2. The Balaban J connectivity index is 2.62. The van der Waals surface area contributed by atoms with Gasteiger partial charge in [-0.2, -0.15) is 0 Å². The summed E-state index contributed by atoms with van der Waals surface area (Å²) in [6.07, 6.45) is 3.82. The summed E-state index contributed by atoms with van der Waals surface area (Å²) in [6, 6.07) is 1.86. The van der Waals surface area contributed by atoms with Gasteiger partial charge in [0.15, 0.2) is 21.9 Å². The second-order valence-electron chi connectivity index (χ2n) is 9.69. The maximum absolute atomic E-state index is 6.71. The maximum atomic E-state index is 6.71. The minimum atomic E-state index is -2.03. The SMILES string of the molecule is COCOc1cc(OCOC)c(C(C)O[Si](C)(C)C(C)(C)C)c2c1C=CC(C)(C)O2. The fraction of sp³-hybridized carbons (Fsp3) is 0.652. The average molecular weight is 439 g/mol. The van der Waals surface area contributed by atoms with E-state index in [2.05, 4.69) is 40.8 Å². The van der Waals surface area contributed by atoms with Crippen LogP contribution in [-0.4, -0.2) is 41.7 Å². The van der Waals surface area contributed by atoms with Crippen LogP contribution in [0.3, 0.4) is 0 Å². The Labute approximate surface area is 182 Å². The van der Waals surface area contributed by atoms with Crippen LogP contribution in [-0.2, 0) is 13.9 Å². The van der Waals surface area contributed by atoms with Crippen LogP contribution < -0.4 is 14.2 Å². The van der Waals surface area contributed by atoms with E-state index in [4.69, 9.17) is 28.1 Å². The molecule has 1 aromatic carbocycles. The van der Waals surface area contributed by atoms with E-state index >= 15 is 0 Å². The molecule has 7 heteroatoms. The molecular weight excluding hydrogens is 400 g/mol. The normalized spacial score (nSPS) is 16.6. The third kappa shape index (κ3) is 5.57. The van der Waals surface area contributed by atoms with Gasteiger partial charge in [-0.05, 0) is 51.1 Å². The van der Waals surface area contributed by atoms with Gasteiger partial charge in [-0.25, -0.2) is 0 Å². The molecule has 170 valence electrons. The number of hydrogen-bond acceptors (Lipinski definition) is 6. The zero-order chi connectivity index (χ0) is 22.7. The van der Waals surface area contributed by atoms with Crippen molar-refractivity contribution < 1.29 is 28.1 Å². The Morgan fingerprint density at radius 1 is 1.03 bits per heavy atom. The number of rotatable bonds is 9. The van der Waals surface area contributed by atoms with Crippen molar-refractivity contribution in [1.82, 2.24) is 0 Å². The Bertz CT molecular complexity index is 764. The lowest BCUT2D eigenvalue weighted by molar-refractivity contribution is 0.0427. The van der Waals surface area contributed by atoms with Gasteiger partial charge in [0.25, 0.3) is 0 Å². The molecule has 0 saturated carbocycles. The fourth-order valence-electron chi connectivity index (χ4n) is 3.04. The third-order valence-electron chi connectivity index (χ3n) is 5.65.